The van der Waals surface area contributed by atoms with E-state index >= 15 is 0 Å². The summed E-state index contributed by atoms with van der Waals surface area (Å²) in [4.78, 5) is 26.3. The van der Waals surface area contributed by atoms with Gasteiger partial charge in [0.05, 0.1) is 0 Å². The smallest absolute Gasteiger partial charge is 0.251 e. The molecule has 0 aromatic heterocycles. The summed E-state index contributed by atoms with van der Waals surface area (Å²) in [6.45, 7) is 2.29. The van der Waals surface area contributed by atoms with Crippen LogP contribution in [0.5, 0.6) is 5.75 Å². The minimum Gasteiger partial charge on any atom is -0.489 e. The van der Waals surface area contributed by atoms with E-state index in [0.29, 0.717) is 31.7 Å². The third-order valence-corrected chi connectivity index (χ3v) is 5.46. The number of nitrogens with one attached hydrogen (secondary N) is 1. The average Bonchev–Trinajstić information content (AvgIpc) is 3.22. The number of ether oxygens (including phenoxy) is 1. The largest absolute Gasteiger partial charge is 0.489 e. The fourth-order valence-corrected chi connectivity index (χ4v) is 3.68. The van der Waals surface area contributed by atoms with E-state index in [4.69, 9.17) is 4.74 Å². The second kappa shape index (κ2) is 9.94. The first-order chi connectivity index (χ1) is 15.2. The number of hydrogen-bond acceptors (Lipinski definition) is 3. The van der Waals surface area contributed by atoms with Gasteiger partial charge < -0.3 is 15.0 Å². The van der Waals surface area contributed by atoms with E-state index in [1.54, 1.807) is 0 Å². The molecule has 158 valence electrons. The van der Waals surface area contributed by atoms with Gasteiger partial charge >= 0.3 is 0 Å². The van der Waals surface area contributed by atoms with Crippen molar-refractivity contribution in [1.29, 1.82) is 0 Å². The molecule has 5 nitrogen and oxygen atoms in total. The molecule has 2 amide bonds. The second-order valence-corrected chi connectivity index (χ2v) is 7.67. The Morgan fingerprint density at radius 2 is 1.61 bits per heavy atom. The molecule has 5 heteroatoms. The summed E-state index contributed by atoms with van der Waals surface area (Å²) in [5.41, 5.74) is 3.71. The van der Waals surface area contributed by atoms with Crippen LogP contribution in [0.2, 0.25) is 0 Å². The molecule has 3 aromatic carbocycles. The van der Waals surface area contributed by atoms with Crippen molar-refractivity contribution >= 4 is 11.8 Å². The monoisotopic (exact) mass is 414 g/mol. The minimum atomic E-state index is -0.123. The number of hydrogen-bond donors (Lipinski definition) is 1. The lowest BCUT2D eigenvalue weighted by Gasteiger charge is -2.15. The molecule has 4 rings (SSSR count). The van der Waals surface area contributed by atoms with E-state index < -0.39 is 0 Å². The van der Waals surface area contributed by atoms with Gasteiger partial charge in [-0.05, 0) is 47.4 Å². The number of carbonyl (C=O) groups is 2. The fraction of sp³-hybridized carbons (Fsp3) is 0.231. The van der Waals surface area contributed by atoms with Crippen molar-refractivity contribution in [3.8, 4) is 5.75 Å². The number of benzene rings is 3. The minimum absolute atomic E-state index is 0.123. The van der Waals surface area contributed by atoms with E-state index in [2.05, 4.69) is 5.32 Å². The molecule has 0 bridgehead atoms. The summed E-state index contributed by atoms with van der Waals surface area (Å²) in [6.07, 6.45) is 1.57. The Bertz CT molecular complexity index is 1030. The molecule has 1 fully saturated rings. The number of likely N-dealkylation sites (tertiary alicyclic amines) is 1. The number of para-hydroxylation sites is 1. The highest BCUT2D eigenvalue weighted by Gasteiger charge is 2.20. The highest BCUT2D eigenvalue weighted by atomic mass is 16.5. The summed E-state index contributed by atoms with van der Waals surface area (Å²) < 4.78 is 5.86. The van der Waals surface area contributed by atoms with Crippen LogP contribution in [-0.2, 0) is 24.5 Å². The van der Waals surface area contributed by atoms with Crippen molar-refractivity contribution in [2.75, 3.05) is 6.54 Å². The van der Waals surface area contributed by atoms with Gasteiger partial charge in [-0.1, -0.05) is 54.6 Å². The Morgan fingerprint density at radius 1 is 0.903 bits per heavy atom. The molecule has 1 aliphatic heterocycles. The number of rotatable bonds is 8. The zero-order valence-electron chi connectivity index (χ0n) is 17.4. The molecule has 3 aromatic rings. The summed E-state index contributed by atoms with van der Waals surface area (Å²) in [5.74, 6) is 0.899. The number of nitrogens with zero attached hydrogens (tertiary/aromatic N) is 1. The molecule has 1 heterocycles. The van der Waals surface area contributed by atoms with Gasteiger partial charge in [-0.15, -0.1) is 0 Å². The maximum atomic E-state index is 12.6. The van der Waals surface area contributed by atoms with Crippen molar-refractivity contribution in [1.82, 2.24) is 10.2 Å². The average molecular weight is 415 g/mol. The summed E-state index contributed by atoms with van der Waals surface area (Å²) >= 11 is 0. The van der Waals surface area contributed by atoms with Crippen LogP contribution in [0.4, 0.5) is 0 Å². The van der Waals surface area contributed by atoms with Crippen molar-refractivity contribution in [2.24, 2.45) is 0 Å². The molecule has 0 atom stereocenters. The third-order valence-electron chi connectivity index (χ3n) is 5.46. The lowest BCUT2D eigenvalue weighted by Crippen LogP contribution is -2.25. The molecule has 1 saturated heterocycles. The molecule has 0 aliphatic carbocycles. The summed E-state index contributed by atoms with van der Waals surface area (Å²) in [6, 6.07) is 25.1. The second-order valence-electron chi connectivity index (χ2n) is 7.67. The molecular weight excluding hydrogens is 388 g/mol. The predicted octanol–water partition coefficient (Wildman–Crippen LogP) is 4.32. The normalized spacial score (nSPS) is 13.3. The first kappa shape index (κ1) is 20.7. The van der Waals surface area contributed by atoms with Crippen LogP contribution in [-0.4, -0.2) is 23.3 Å². The lowest BCUT2D eigenvalue weighted by molar-refractivity contribution is -0.128. The highest BCUT2D eigenvalue weighted by molar-refractivity contribution is 5.94. The first-order valence-electron chi connectivity index (χ1n) is 10.6. The standard InChI is InChI=1S/C26H26N2O3/c29-25-11-6-16-28(25)18-20-12-14-21(15-13-20)26(30)27-17-22-7-4-5-8-23(22)19-31-24-9-2-1-3-10-24/h1-5,7-10,12-15H,6,11,16-19H2,(H,27,30). The van der Waals surface area contributed by atoms with E-state index in [1.807, 2.05) is 83.8 Å². The topological polar surface area (TPSA) is 58.6 Å². The molecule has 31 heavy (non-hydrogen) atoms. The molecule has 0 unspecified atom stereocenters. The van der Waals surface area contributed by atoms with Crippen LogP contribution in [0.1, 0.15) is 39.9 Å². The Balaban J connectivity index is 1.33. The quantitative estimate of drug-likeness (QED) is 0.597. The molecule has 1 N–H and O–H groups in total. The number of carbonyl (C=O) groups excluding carboxylic acids is 2. The molecule has 0 spiro atoms. The van der Waals surface area contributed by atoms with Gasteiger partial charge in [-0.25, -0.2) is 0 Å². The predicted molar refractivity (Wildman–Crippen MR) is 119 cm³/mol. The Hall–Kier alpha value is -3.60. The number of amides is 2. The molecule has 0 saturated carbocycles. The van der Waals surface area contributed by atoms with Gasteiger partial charge in [0.1, 0.15) is 12.4 Å². The van der Waals surface area contributed by atoms with Gasteiger partial charge in [0.15, 0.2) is 0 Å². The summed E-state index contributed by atoms with van der Waals surface area (Å²) in [5, 5.41) is 2.99. The van der Waals surface area contributed by atoms with E-state index in [9.17, 15) is 9.59 Å². The maximum absolute atomic E-state index is 12.6. The van der Waals surface area contributed by atoms with Crippen molar-refractivity contribution < 1.29 is 14.3 Å². The van der Waals surface area contributed by atoms with Crippen LogP contribution in [0.25, 0.3) is 0 Å². The van der Waals surface area contributed by atoms with Crippen LogP contribution in [0.3, 0.4) is 0 Å². The van der Waals surface area contributed by atoms with Gasteiger partial charge in [0.2, 0.25) is 5.91 Å². The molecular formula is C26H26N2O3. The Morgan fingerprint density at radius 3 is 2.32 bits per heavy atom. The van der Waals surface area contributed by atoms with Gasteiger partial charge in [0, 0.05) is 31.6 Å². The first-order valence-corrected chi connectivity index (χ1v) is 10.6. The molecule has 0 radical (unpaired) electrons. The van der Waals surface area contributed by atoms with Crippen LogP contribution >= 0.6 is 0 Å². The zero-order valence-corrected chi connectivity index (χ0v) is 17.4. The highest BCUT2D eigenvalue weighted by Crippen LogP contribution is 2.16. The van der Waals surface area contributed by atoms with Crippen molar-refractivity contribution in [2.45, 2.75) is 32.5 Å². The summed E-state index contributed by atoms with van der Waals surface area (Å²) in [7, 11) is 0. The van der Waals surface area contributed by atoms with Crippen LogP contribution in [0.15, 0.2) is 78.9 Å². The van der Waals surface area contributed by atoms with Gasteiger partial charge in [-0.3, -0.25) is 9.59 Å². The van der Waals surface area contributed by atoms with Crippen LogP contribution in [0, 0.1) is 0 Å². The molecule has 1 aliphatic rings. The van der Waals surface area contributed by atoms with Gasteiger partial charge in [0.25, 0.3) is 5.91 Å². The Labute approximate surface area is 182 Å². The maximum Gasteiger partial charge on any atom is 0.251 e. The fourth-order valence-electron chi connectivity index (χ4n) is 3.68. The van der Waals surface area contributed by atoms with E-state index in [-0.39, 0.29) is 11.8 Å². The lowest BCUT2D eigenvalue weighted by atomic mass is 10.1. The van der Waals surface area contributed by atoms with Crippen molar-refractivity contribution in [3.63, 3.8) is 0 Å². The van der Waals surface area contributed by atoms with Crippen molar-refractivity contribution in [3.05, 3.63) is 101 Å². The zero-order chi connectivity index (χ0) is 21.5. The van der Waals surface area contributed by atoms with Crippen LogP contribution < -0.4 is 10.1 Å². The Kier molecular flexibility index (Phi) is 6.62. The van der Waals surface area contributed by atoms with Gasteiger partial charge in [-0.2, -0.15) is 0 Å². The SMILES string of the molecule is O=C(NCc1ccccc1COc1ccccc1)c1ccc(CN2CCCC2=O)cc1. The van der Waals surface area contributed by atoms with E-state index in [0.717, 1.165) is 35.4 Å². The third kappa shape index (κ3) is 5.51. The van der Waals surface area contributed by atoms with E-state index in [1.165, 1.54) is 0 Å².